The van der Waals surface area contributed by atoms with E-state index in [0.29, 0.717) is 8.81 Å². The number of sulfonamides is 1. The van der Waals surface area contributed by atoms with Gasteiger partial charge in [-0.05, 0) is 35.3 Å². The molecule has 0 saturated heterocycles. The summed E-state index contributed by atoms with van der Waals surface area (Å²) >= 11 is 10.2. The van der Waals surface area contributed by atoms with Gasteiger partial charge in [-0.3, -0.25) is 0 Å². The standard InChI is InChI=1S/C10H15BrClNO2S2/c1-3-4-5-7(2)13-17(14,15)9-6-8(12)10(11)16-9/h6-7,13H,3-5H2,1-2H3. The molecular formula is C10H15BrClNO2S2. The minimum absolute atomic E-state index is 0.0559. The Morgan fingerprint density at radius 3 is 2.71 bits per heavy atom. The number of nitrogens with one attached hydrogen (secondary N) is 1. The predicted molar refractivity (Wildman–Crippen MR) is 76.3 cm³/mol. The molecule has 0 fully saturated rings. The lowest BCUT2D eigenvalue weighted by Gasteiger charge is -2.12. The van der Waals surface area contributed by atoms with Gasteiger partial charge in [0.1, 0.15) is 4.21 Å². The maximum absolute atomic E-state index is 12.0. The molecule has 7 heteroatoms. The van der Waals surface area contributed by atoms with Crippen LogP contribution in [0.2, 0.25) is 5.02 Å². The zero-order chi connectivity index (χ0) is 13.1. The summed E-state index contributed by atoms with van der Waals surface area (Å²) in [5.41, 5.74) is 0. The molecule has 1 heterocycles. The average molecular weight is 361 g/mol. The molecule has 0 aliphatic heterocycles. The fourth-order valence-electron chi connectivity index (χ4n) is 1.35. The fourth-order valence-corrected chi connectivity index (χ4v) is 5.04. The SMILES string of the molecule is CCCCC(C)NS(=O)(=O)c1cc(Cl)c(Br)s1. The molecule has 1 N–H and O–H groups in total. The van der Waals surface area contributed by atoms with E-state index in [1.807, 2.05) is 6.92 Å². The van der Waals surface area contributed by atoms with Gasteiger partial charge in [0.05, 0.1) is 8.81 Å². The molecule has 1 rings (SSSR count). The molecule has 0 radical (unpaired) electrons. The molecule has 0 aliphatic carbocycles. The van der Waals surface area contributed by atoms with Gasteiger partial charge in [0.2, 0.25) is 10.0 Å². The van der Waals surface area contributed by atoms with E-state index >= 15 is 0 Å². The minimum Gasteiger partial charge on any atom is -0.208 e. The number of unbranched alkanes of at least 4 members (excludes halogenated alkanes) is 1. The van der Waals surface area contributed by atoms with E-state index < -0.39 is 10.0 Å². The lowest BCUT2D eigenvalue weighted by Crippen LogP contribution is -2.32. The molecule has 1 unspecified atom stereocenters. The second-order valence-corrected chi connectivity index (χ2v) is 8.57. The summed E-state index contributed by atoms with van der Waals surface area (Å²) in [5, 5.41) is 0.427. The predicted octanol–water partition coefficient (Wildman–Crippen LogP) is 4.02. The van der Waals surface area contributed by atoms with Crippen LogP contribution in [-0.2, 0) is 10.0 Å². The molecule has 0 aliphatic rings. The number of rotatable bonds is 6. The Bertz CT molecular complexity index is 453. The van der Waals surface area contributed by atoms with Gasteiger partial charge < -0.3 is 0 Å². The highest BCUT2D eigenvalue weighted by molar-refractivity contribution is 9.11. The maximum atomic E-state index is 12.0. The van der Waals surface area contributed by atoms with Gasteiger partial charge >= 0.3 is 0 Å². The summed E-state index contributed by atoms with van der Waals surface area (Å²) in [6.07, 6.45) is 2.91. The van der Waals surface area contributed by atoms with Crippen LogP contribution in [0.4, 0.5) is 0 Å². The summed E-state index contributed by atoms with van der Waals surface area (Å²) in [6.45, 7) is 3.95. The number of halogens is 2. The first kappa shape index (κ1) is 15.4. The van der Waals surface area contributed by atoms with Crippen LogP contribution in [0.1, 0.15) is 33.1 Å². The molecule has 98 valence electrons. The number of hydrogen-bond donors (Lipinski definition) is 1. The van der Waals surface area contributed by atoms with E-state index in [1.54, 1.807) is 0 Å². The van der Waals surface area contributed by atoms with Gasteiger partial charge in [-0.1, -0.05) is 31.4 Å². The topological polar surface area (TPSA) is 46.2 Å². The summed E-state index contributed by atoms with van der Waals surface area (Å²) in [7, 11) is -3.44. The van der Waals surface area contributed by atoms with E-state index in [9.17, 15) is 8.42 Å². The third-order valence-electron chi connectivity index (χ3n) is 2.23. The average Bonchev–Trinajstić information content (AvgIpc) is 2.56. The van der Waals surface area contributed by atoms with E-state index in [4.69, 9.17) is 11.6 Å². The summed E-state index contributed by atoms with van der Waals surface area (Å²) < 4.78 is 27.5. The van der Waals surface area contributed by atoms with Crippen molar-refractivity contribution in [2.45, 2.75) is 43.4 Å². The summed E-state index contributed by atoms with van der Waals surface area (Å²) in [5.74, 6) is 0. The molecule has 0 aromatic carbocycles. The van der Waals surface area contributed by atoms with Gasteiger partial charge in [-0.25, -0.2) is 13.1 Å². The van der Waals surface area contributed by atoms with Crippen LogP contribution < -0.4 is 4.72 Å². The van der Waals surface area contributed by atoms with Crippen molar-refractivity contribution in [1.29, 1.82) is 0 Å². The van der Waals surface area contributed by atoms with Gasteiger partial charge in [0.15, 0.2) is 0 Å². The van der Waals surface area contributed by atoms with Crippen molar-refractivity contribution in [2.24, 2.45) is 0 Å². The highest BCUT2D eigenvalue weighted by atomic mass is 79.9. The fraction of sp³-hybridized carbons (Fsp3) is 0.600. The zero-order valence-electron chi connectivity index (χ0n) is 9.66. The third-order valence-corrected chi connectivity index (χ3v) is 6.77. The molecule has 17 heavy (non-hydrogen) atoms. The first-order valence-corrected chi connectivity index (χ1v) is 8.81. The Balaban J connectivity index is 2.75. The molecular weight excluding hydrogens is 346 g/mol. The van der Waals surface area contributed by atoms with Crippen LogP contribution in [0.25, 0.3) is 0 Å². The van der Waals surface area contributed by atoms with Crippen LogP contribution >= 0.6 is 38.9 Å². The Morgan fingerprint density at radius 1 is 1.59 bits per heavy atom. The normalized spacial score (nSPS) is 13.9. The quantitative estimate of drug-likeness (QED) is 0.832. The summed E-state index contributed by atoms with van der Waals surface area (Å²) in [6, 6.07) is 1.41. The van der Waals surface area contributed by atoms with Crippen molar-refractivity contribution >= 4 is 48.9 Å². The van der Waals surface area contributed by atoms with Crippen molar-refractivity contribution in [3.63, 3.8) is 0 Å². The number of hydrogen-bond acceptors (Lipinski definition) is 3. The Morgan fingerprint density at radius 2 is 2.24 bits per heavy atom. The Kier molecular flexibility index (Phi) is 5.92. The molecule has 1 aromatic heterocycles. The van der Waals surface area contributed by atoms with Crippen LogP contribution in [0.5, 0.6) is 0 Å². The van der Waals surface area contributed by atoms with Gasteiger partial charge in [-0.15, -0.1) is 11.3 Å². The molecule has 1 atom stereocenters. The van der Waals surface area contributed by atoms with Gasteiger partial charge in [0, 0.05) is 6.04 Å². The minimum atomic E-state index is -3.44. The van der Waals surface area contributed by atoms with Crippen molar-refractivity contribution in [3.05, 3.63) is 14.9 Å². The first-order chi connectivity index (χ1) is 7.86. The summed E-state index contributed by atoms with van der Waals surface area (Å²) in [4.78, 5) is 0. The van der Waals surface area contributed by atoms with Crippen LogP contribution in [-0.4, -0.2) is 14.5 Å². The van der Waals surface area contributed by atoms with E-state index in [2.05, 4.69) is 27.6 Å². The Labute approximate surface area is 120 Å². The maximum Gasteiger partial charge on any atom is 0.250 e. The van der Waals surface area contributed by atoms with Crippen LogP contribution in [0, 0.1) is 0 Å². The second kappa shape index (κ2) is 6.52. The molecule has 0 saturated carbocycles. The highest BCUT2D eigenvalue weighted by Gasteiger charge is 2.20. The lowest BCUT2D eigenvalue weighted by molar-refractivity contribution is 0.535. The zero-order valence-corrected chi connectivity index (χ0v) is 13.6. The molecule has 0 amide bonds. The second-order valence-electron chi connectivity index (χ2n) is 3.85. The molecule has 0 bridgehead atoms. The van der Waals surface area contributed by atoms with E-state index in [-0.39, 0.29) is 10.3 Å². The smallest absolute Gasteiger partial charge is 0.208 e. The van der Waals surface area contributed by atoms with Crippen LogP contribution in [0.15, 0.2) is 14.1 Å². The molecule has 1 aromatic rings. The molecule has 3 nitrogen and oxygen atoms in total. The number of thiophene rings is 1. The Hall–Kier alpha value is 0.380. The third kappa shape index (κ3) is 4.52. The largest absolute Gasteiger partial charge is 0.250 e. The van der Waals surface area contributed by atoms with Crippen molar-refractivity contribution < 1.29 is 8.42 Å². The molecule has 0 spiro atoms. The van der Waals surface area contributed by atoms with Crippen molar-refractivity contribution in [1.82, 2.24) is 4.72 Å². The van der Waals surface area contributed by atoms with Gasteiger partial charge in [-0.2, -0.15) is 0 Å². The van der Waals surface area contributed by atoms with Crippen molar-refractivity contribution in [2.75, 3.05) is 0 Å². The van der Waals surface area contributed by atoms with Crippen LogP contribution in [0.3, 0.4) is 0 Å². The first-order valence-electron chi connectivity index (χ1n) is 5.34. The van der Waals surface area contributed by atoms with E-state index in [1.165, 1.54) is 6.07 Å². The van der Waals surface area contributed by atoms with Crippen molar-refractivity contribution in [3.8, 4) is 0 Å². The van der Waals surface area contributed by atoms with E-state index in [0.717, 1.165) is 30.6 Å². The van der Waals surface area contributed by atoms with Gasteiger partial charge in [0.25, 0.3) is 0 Å². The monoisotopic (exact) mass is 359 g/mol. The lowest BCUT2D eigenvalue weighted by atomic mass is 10.2. The highest BCUT2D eigenvalue weighted by Crippen LogP contribution is 2.34.